The molecular formula is C24H18ClNO4. The summed E-state index contributed by atoms with van der Waals surface area (Å²) in [6, 6.07) is 21.6. The molecule has 0 bridgehead atoms. The van der Waals surface area contributed by atoms with Crippen molar-refractivity contribution in [2.45, 2.75) is 6.04 Å². The number of amides is 1. The molecule has 1 aliphatic rings. The number of ketones is 1. The van der Waals surface area contributed by atoms with Gasteiger partial charge in [0.15, 0.2) is 0 Å². The van der Waals surface area contributed by atoms with E-state index in [1.54, 1.807) is 78.9 Å². The summed E-state index contributed by atoms with van der Waals surface area (Å²) in [6.45, 7) is 0. The first-order chi connectivity index (χ1) is 14.5. The summed E-state index contributed by atoms with van der Waals surface area (Å²) in [5.74, 6) is -1.23. The summed E-state index contributed by atoms with van der Waals surface area (Å²) in [5.41, 5.74) is 1.54. The van der Waals surface area contributed by atoms with Crippen molar-refractivity contribution in [2.24, 2.45) is 0 Å². The van der Waals surface area contributed by atoms with Crippen LogP contribution in [0.1, 0.15) is 17.2 Å². The Labute approximate surface area is 178 Å². The fourth-order valence-corrected chi connectivity index (χ4v) is 3.76. The van der Waals surface area contributed by atoms with Crippen LogP contribution in [0.15, 0.2) is 84.4 Å². The maximum Gasteiger partial charge on any atom is 0.300 e. The molecule has 1 saturated heterocycles. The molecule has 1 atom stereocenters. The minimum Gasteiger partial charge on any atom is -0.507 e. The van der Waals surface area contributed by atoms with Crippen molar-refractivity contribution in [1.29, 1.82) is 0 Å². The number of rotatable bonds is 4. The van der Waals surface area contributed by atoms with Gasteiger partial charge in [-0.25, -0.2) is 0 Å². The van der Waals surface area contributed by atoms with Crippen molar-refractivity contribution in [3.05, 3.63) is 101 Å². The van der Waals surface area contributed by atoms with Crippen LogP contribution in [0.3, 0.4) is 0 Å². The fourth-order valence-electron chi connectivity index (χ4n) is 3.64. The second kappa shape index (κ2) is 8.05. The molecule has 0 saturated carbocycles. The molecule has 3 aromatic carbocycles. The van der Waals surface area contributed by atoms with Gasteiger partial charge in [-0.2, -0.15) is 0 Å². The van der Waals surface area contributed by atoms with E-state index in [4.69, 9.17) is 16.3 Å². The molecule has 1 aliphatic heterocycles. The molecule has 1 heterocycles. The number of para-hydroxylation sites is 1. The van der Waals surface area contributed by atoms with E-state index in [2.05, 4.69) is 0 Å². The maximum absolute atomic E-state index is 13.1. The van der Waals surface area contributed by atoms with Crippen molar-refractivity contribution in [3.63, 3.8) is 0 Å². The average molecular weight is 420 g/mol. The van der Waals surface area contributed by atoms with Gasteiger partial charge in [0.1, 0.15) is 11.5 Å². The van der Waals surface area contributed by atoms with E-state index >= 15 is 0 Å². The van der Waals surface area contributed by atoms with Gasteiger partial charge in [-0.1, -0.05) is 60.1 Å². The minimum atomic E-state index is -0.859. The Kier molecular flexibility index (Phi) is 5.29. The normalized spacial score (nSPS) is 17.9. The van der Waals surface area contributed by atoms with Crippen LogP contribution < -0.4 is 9.64 Å². The lowest BCUT2D eigenvalue weighted by atomic mass is 9.94. The number of hydrogen-bond acceptors (Lipinski definition) is 4. The van der Waals surface area contributed by atoms with E-state index in [-0.39, 0.29) is 11.3 Å². The highest BCUT2D eigenvalue weighted by Crippen LogP contribution is 2.44. The number of ether oxygens (including phenoxy) is 1. The van der Waals surface area contributed by atoms with Gasteiger partial charge in [-0.05, 0) is 30.3 Å². The van der Waals surface area contributed by atoms with E-state index in [1.807, 2.05) is 0 Å². The van der Waals surface area contributed by atoms with Gasteiger partial charge < -0.3 is 9.84 Å². The molecule has 1 fully saturated rings. The van der Waals surface area contributed by atoms with Crippen LogP contribution >= 0.6 is 11.6 Å². The number of carbonyl (C=O) groups is 2. The van der Waals surface area contributed by atoms with Crippen molar-refractivity contribution in [2.75, 3.05) is 12.0 Å². The predicted molar refractivity (Wildman–Crippen MR) is 116 cm³/mol. The third kappa shape index (κ3) is 3.33. The van der Waals surface area contributed by atoms with Gasteiger partial charge in [-0.3, -0.25) is 14.5 Å². The van der Waals surface area contributed by atoms with Crippen LogP contribution in [0.2, 0.25) is 5.02 Å². The van der Waals surface area contributed by atoms with Gasteiger partial charge in [-0.15, -0.1) is 0 Å². The molecule has 0 aromatic heterocycles. The Morgan fingerprint density at radius 2 is 1.57 bits per heavy atom. The number of aliphatic hydroxyl groups is 1. The number of hydrogen-bond donors (Lipinski definition) is 1. The van der Waals surface area contributed by atoms with Crippen LogP contribution in [0.4, 0.5) is 5.69 Å². The molecule has 30 heavy (non-hydrogen) atoms. The number of anilines is 1. The zero-order chi connectivity index (χ0) is 21.3. The van der Waals surface area contributed by atoms with Crippen LogP contribution in [-0.4, -0.2) is 23.9 Å². The van der Waals surface area contributed by atoms with Crippen LogP contribution in [0.25, 0.3) is 5.76 Å². The number of nitrogens with zero attached hydrogens (tertiary/aromatic N) is 1. The molecular weight excluding hydrogens is 402 g/mol. The first-order valence-corrected chi connectivity index (χ1v) is 9.65. The van der Waals surface area contributed by atoms with Crippen molar-refractivity contribution >= 4 is 34.7 Å². The number of halogens is 1. The molecule has 150 valence electrons. The average Bonchev–Trinajstić information content (AvgIpc) is 3.05. The molecule has 1 amide bonds. The number of aliphatic hydroxyl groups excluding tert-OH is 1. The van der Waals surface area contributed by atoms with Crippen molar-refractivity contribution in [3.8, 4) is 5.75 Å². The van der Waals surface area contributed by atoms with Gasteiger partial charge in [0.2, 0.25) is 0 Å². The number of Topliss-reactive ketones (excluding diaryl/α,β-unsaturated/α-hetero) is 1. The second-order valence-corrected chi connectivity index (χ2v) is 7.19. The summed E-state index contributed by atoms with van der Waals surface area (Å²) >= 11 is 6.00. The smallest absolute Gasteiger partial charge is 0.300 e. The third-order valence-corrected chi connectivity index (χ3v) is 5.28. The molecule has 0 aliphatic carbocycles. The Morgan fingerprint density at radius 3 is 2.23 bits per heavy atom. The zero-order valence-electron chi connectivity index (χ0n) is 16.1. The van der Waals surface area contributed by atoms with Gasteiger partial charge in [0, 0.05) is 21.8 Å². The standard InChI is InChI=1S/C24H18ClNO4/c1-30-19-10-6-5-9-18(19)21-20(22(27)15-7-3-2-4-8-15)23(28)24(29)26(21)17-13-11-16(25)12-14-17/h2-14,21,27H,1H3/t21-/m1/s1. The molecule has 0 unspecified atom stereocenters. The Hall–Kier alpha value is -3.57. The summed E-state index contributed by atoms with van der Waals surface area (Å²) in [4.78, 5) is 27.5. The number of benzene rings is 3. The highest BCUT2D eigenvalue weighted by Gasteiger charge is 2.47. The monoisotopic (exact) mass is 419 g/mol. The molecule has 3 aromatic rings. The van der Waals surface area contributed by atoms with Gasteiger partial charge in [0.25, 0.3) is 11.7 Å². The maximum atomic E-state index is 13.1. The highest BCUT2D eigenvalue weighted by molar-refractivity contribution is 6.51. The van der Waals surface area contributed by atoms with Gasteiger partial charge in [0.05, 0.1) is 18.7 Å². The molecule has 1 N–H and O–H groups in total. The van der Waals surface area contributed by atoms with Gasteiger partial charge >= 0.3 is 0 Å². The summed E-state index contributed by atoms with van der Waals surface area (Å²) in [5, 5.41) is 11.5. The third-order valence-electron chi connectivity index (χ3n) is 5.03. The quantitative estimate of drug-likeness (QED) is 0.368. The molecule has 0 radical (unpaired) electrons. The van der Waals surface area contributed by atoms with E-state index < -0.39 is 17.7 Å². The lowest BCUT2D eigenvalue weighted by Crippen LogP contribution is -2.29. The van der Waals surface area contributed by atoms with Crippen LogP contribution in [0.5, 0.6) is 5.75 Å². The highest BCUT2D eigenvalue weighted by atomic mass is 35.5. The Morgan fingerprint density at radius 1 is 0.933 bits per heavy atom. The SMILES string of the molecule is COc1ccccc1[C@@H]1C(=C(O)c2ccccc2)C(=O)C(=O)N1c1ccc(Cl)cc1. The minimum absolute atomic E-state index is 0.00523. The fraction of sp³-hybridized carbons (Fsp3) is 0.0833. The number of methoxy groups -OCH3 is 1. The first kappa shape index (κ1) is 19.7. The summed E-state index contributed by atoms with van der Waals surface area (Å²) in [6.07, 6.45) is 0. The summed E-state index contributed by atoms with van der Waals surface area (Å²) in [7, 11) is 1.52. The number of carbonyl (C=O) groups excluding carboxylic acids is 2. The van der Waals surface area contributed by atoms with Crippen molar-refractivity contribution < 1.29 is 19.4 Å². The lowest BCUT2D eigenvalue weighted by Gasteiger charge is -2.26. The van der Waals surface area contributed by atoms with E-state index in [0.29, 0.717) is 27.6 Å². The second-order valence-electron chi connectivity index (χ2n) is 6.75. The van der Waals surface area contributed by atoms with E-state index in [0.717, 1.165) is 0 Å². The van der Waals surface area contributed by atoms with Crippen molar-refractivity contribution in [1.82, 2.24) is 0 Å². The first-order valence-electron chi connectivity index (χ1n) is 9.28. The molecule has 4 rings (SSSR count). The molecule has 6 heteroatoms. The van der Waals surface area contributed by atoms with Crippen LogP contribution in [-0.2, 0) is 9.59 Å². The molecule has 5 nitrogen and oxygen atoms in total. The zero-order valence-corrected chi connectivity index (χ0v) is 16.8. The Bertz CT molecular complexity index is 1140. The van der Waals surface area contributed by atoms with Crippen LogP contribution in [0, 0.1) is 0 Å². The topological polar surface area (TPSA) is 66.8 Å². The summed E-state index contributed by atoms with van der Waals surface area (Å²) < 4.78 is 5.49. The van der Waals surface area contributed by atoms with E-state index in [1.165, 1.54) is 12.0 Å². The Balaban J connectivity index is 1.98. The molecule has 0 spiro atoms. The van der Waals surface area contributed by atoms with E-state index in [9.17, 15) is 14.7 Å². The lowest BCUT2D eigenvalue weighted by molar-refractivity contribution is -0.132. The predicted octanol–water partition coefficient (Wildman–Crippen LogP) is 4.97. The largest absolute Gasteiger partial charge is 0.507 e.